The molecule has 24 heavy (non-hydrogen) atoms. The van der Waals surface area contributed by atoms with Gasteiger partial charge in [0, 0.05) is 44.5 Å². The zero-order valence-electron chi connectivity index (χ0n) is 13.6. The van der Waals surface area contributed by atoms with E-state index < -0.39 is 0 Å². The normalized spacial score (nSPS) is 17.1. The van der Waals surface area contributed by atoms with Crippen molar-refractivity contribution in [2.24, 2.45) is 0 Å². The van der Waals surface area contributed by atoms with Crippen LogP contribution in [-0.2, 0) is 13.0 Å². The van der Waals surface area contributed by atoms with Gasteiger partial charge in [-0.1, -0.05) is 12.1 Å². The van der Waals surface area contributed by atoms with Crippen molar-refractivity contribution in [2.75, 3.05) is 24.6 Å². The first-order chi connectivity index (χ1) is 11.4. The Bertz CT molecular complexity index is 659. The Hall–Kier alpha value is -1.85. The van der Waals surface area contributed by atoms with E-state index in [0.29, 0.717) is 6.04 Å². The van der Waals surface area contributed by atoms with Crippen LogP contribution in [-0.4, -0.2) is 35.7 Å². The van der Waals surface area contributed by atoms with Crippen LogP contribution < -0.4 is 15.0 Å². The van der Waals surface area contributed by atoms with E-state index in [1.165, 1.54) is 11.1 Å². The van der Waals surface area contributed by atoms with E-state index in [9.17, 15) is 0 Å². The molecule has 6 heteroatoms. The van der Waals surface area contributed by atoms with E-state index in [-0.39, 0.29) is 12.4 Å². The first kappa shape index (κ1) is 17.0. The summed E-state index contributed by atoms with van der Waals surface area (Å²) >= 11 is 0. The Balaban J connectivity index is 0.00000169. The number of piperidine rings is 1. The Morgan fingerprint density at radius 2 is 1.96 bits per heavy atom. The number of halogens is 1. The first-order valence-electron chi connectivity index (χ1n) is 8.38. The number of nitrogens with zero attached hydrogens (tertiary/aromatic N) is 3. The maximum absolute atomic E-state index is 5.56. The standard InChI is InChI=1S/C18H22N4O.ClH/c1-7-19-18(20-8-1)22-9-4-16(5-10-22)21-13-14-2-3-17-15(12-14)6-11-23-17;/h1-3,7-8,12,16,21H,4-6,9-11,13H2;1H. The molecule has 0 saturated carbocycles. The monoisotopic (exact) mass is 346 g/mol. The summed E-state index contributed by atoms with van der Waals surface area (Å²) in [6.07, 6.45) is 6.92. The van der Waals surface area contributed by atoms with Crippen molar-refractivity contribution >= 4 is 18.4 Å². The quantitative estimate of drug-likeness (QED) is 0.922. The van der Waals surface area contributed by atoms with E-state index in [1.54, 1.807) is 0 Å². The maximum Gasteiger partial charge on any atom is 0.225 e. The number of hydrogen-bond donors (Lipinski definition) is 1. The summed E-state index contributed by atoms with van der Waals surface area (Å²) in [7, 11) is 0. The fourth-order valence-corrected chi connectivity index (χ4v) is 3.35. The second-order valence-electron chi connectivity index (χ2n) is 6.23. The van der Waals surface area contributed by atoms with Crippen molar-refractivity contribution in [3.05, 3.63) is 47.8 Å². The molecule has 1 aromatic heterocycles. The van der Waals surface area contributed by atoms with E-state index in [0.717, 1.165) is 57.2 Å². The summed E-state index contributed by atoms with van der Waals surface area (Å²) in [6.45, 7) is 3.78. The Kier molecular flexibility index (Phi) is 5.53. The molecular weight excluding hydrogens is 324 g/mol. The van der Waals surface area contributed by atoms with Gasteiger partial charge in [0.25, 0.3) is 0 Å². The van der Waals surface area contributed by atoms with E-state index >= 15 is 0 Å². The van der Waals surface area contributed by atoms with Crippen LogP contribution >= 0.6 is 12.4 Å². The topological polar surface area (TPSA) is 50.3 Å². The zero-order valence-corrected chi connectivity index (χ0v) is 14.5. The van der Waals surface area contributed by atoms with Crippen molar-refractivity contribution in [3.63, 3.8) is 0 Å². The summed E-state index contributed by atoms with van der Waals surface area (Å²) in [5, 5.41) is 3.69. The van der Waals surface area contributed by atoms with Crippen molar-refractivity contribution in [2.45, 2.75) is 31.8 Å². The molecule has 2 aromatic rings. The molecule has 0 atom stereocenters. The predicted molar refractivity (Wildman–Crippen MR) is 97.0 cm³/mol. The van der Waals surface area contributed by atoms with Crippen LogP contribution in [0.25, 0.3) is 0 Å². The highest BCUT2D eigenvalue weighted by Crippen LogP contribution is 2.26. The van der Waals surface area contributed by atoms with Crippen LogP contribution in [0.5, 0.6) is 5.75 Å². The highest BCUT2D eigenvalue weighted by Gasteiger charge is 2.20. The number of fused-ring (bicyclic) bond motifs is 1. The number of ether oxygens (including phenoxy) is 1. The average Bonchev–Trinajstić information content (AvgIpc) is 3.09. The van der Waals surface area contributed by atoms with Gasteiger partial charge in [-0.3, -0.25) is 0 Å². The molecular formula is C18H23ClN4O. The number of rotatable bonds is 4. The van der Waals surface area contributed by atoms with Gasteiger partial charge < -0.3 is 15.0 Å². The van der Waals surface area contributed by atoms with Gasteiger partial charge in [0.2, 0.25) is 5.95 Å². The highest BCUT2D eigenvalue weighted by atomic mass is 35.5. The lowest BCUT2D eigenvalue weighted by molar-refractivity contribution is 0.356. The Morgan fingerprint density at radius 3 is 2.75 bits per heavy atom. The van der Waals surface area contributed by atoms with Crippen LogP contribution in [0.1, 0.15) is 24.0 Å². The third-order valence-electron chi connectivity index (χ3n) is 4.68. The number of hydrogen-bond acceptors (Lipinski definition) is 5. The minimum atomic E-state index is 0. The summed E-state index contributed by atoms with van der Waals surface area (Å²) in [5.41, 5.74) is 2.70. The Morgan fingerprint density at radius 1 is 1.17 bits per heavy atom. The predicted octanol–water partition coefficient (Wildman–Crippen LogP) is 2.59. The fraction of sp³-hybridized carbons (Fsp3) is 0.444. The van der Waals surface area contributed by atoms with Crippen LogP contribution in [0, 0.1) is 0 Å². The van der Waals surface area contributed by atoms with Gasteiger partial charge in [0.15, 0.2) is 0 Å². The summed E-state index contributed by atoms with van der Waals surface area (Å²) < 4.78 is 5.56. The molecule has 128 valence electrons. The molecule has 0 aliphatic carbocycles. The van der Waals surface area contributed by atoms with Crippen LogP contribution in [0.2, 0.25) is 0 Å². The van der Waals surface area contributed by atoms with Gasteiger partial charge in [-0.25, -0.2) is 9.97 Å². The SMILES string of the molecule is Cl.c1cnc(N2CCC(NCc3ccc4c(c3)CCO4)CC2)nc1. The maximum atomic E-state index is 5.56. The van der Waals surface area contributed by atoms with Gasteiger partial charge in [-0.15, -0.1) is 12.4 Å². The third kappa shape index (κ3) is 3.79. The minimum absolute atomic E-state index is 0. The molecule has 4 rings (SSSR count). The zero-order chi connectivity index (χ0) is 15.5. The molecule has 0 spiro atoms. The molecule has 0 amide bonds. The summed E-state index contributed by atoms with van der Waals surface area (Å²) in [4.78, 5) is 10.9. The molecule has 0 bridgehead atoms. The lowest BCUT2D eigenvalue weighted by Crippen LogP contribution is -2.42. The lowest BCUT2D eigenvalue weighted by atomic mass is 10.0. The number of aromatic nitrogens is 2. The van der Waals surface area contributed by atoms with Gasteiger partial charge in [-0.05, 0) is 36.1 Å². The molecule has 0 unspecified atom stereocenters. The molecule has 5 nitrogen and oxygen atoms in total. The minimum Gasteiger partial charge on any atom is -0.493 e. The average molecular weight is 347 g/mol. The second-order valence-corrected chi connectivity index (χ2v) is 6.23. The van der Waals surface area contributed by atoms with Crippen molar-refractivity contribution in [1.82, 2.24) is 15.3 Å². The molecule has 1 aromatic carbocycles. The molecule has 1 N–H and O–H groups in total. The van der Waals surface area contributed by atoms with Crippen molar-refractivity contribution in [3.8, 4) is 5.75 Å². The number of benzene rings is 1. The van der Waals surface area contributed by atoms with E-state index in [1.807, 2.05) is 18.5 Å². The third-order valence-corrected chi connectivity index (χ3v) is 4.68. The molecule has 3 heterocycles. The van der Waals surface area contributed by atoms with Gasteiger partial charge in [-0.2, -0.15) is 0 Å². The van der Waals surface area contributed by atoms with E-state index in [2.05, 4.69) is 38.4 Å². The van der Waals surface area contributed by atoms with Crippen molar-refractivity contribution in [1.29, 1.82) is 0 Å². The first-order valence-corrected chi connectivity index (χ1v) is 8.38. The fourth-order valence-electron chi connectivity index (χ4n) is 3.35. The highest BCUT2D eigenvalue weighted by molar-refractivity contribution is 5.85. The van der Waals surface area contributed by atoms with Crippen LogP contribution in [0.3, 0.4) is 0 Å². The van der Waals surface area contributed by atoms with Crippen LogP contribution in [0.15, 0.2) is 36.7 Å². The lowest BCUT2D eigenvalue weighted by Gasteiger charge is -2.32. The van der Waals surface area contributed by atoms with Gasteiger partial charge >= 0.3 is 0 Å². The summed E-state index contributed by atoms with van der Waals surface area (Å²) in [6, 6.07) is 8.99. The van der Waals surface area contributed by atoms with Gasteiger partial charge in [0.05, 0.1) is 6.61 Å². The molecule has 2 aliphatic heterocycles. The Labute approximate surface area is 148 Å². The summed E-state index contributed by atoms with van der Waals surface area (Å²) in [5.74, 6) is 1.91. The van der Waals surface area contributed by atoms with Crippen molar-refractivity contribution < 1.29 is 4.74 Å². The largest absolute Gasteiger partial charge is 0.493 e. The molecule has 1 fully saturated rings. The molecule has 1 saturated heterocycles. The van der Waals surface area contributed by atoms with Crippen LogP contribution in [0.4, 0.5) is 5.95 Å². The van der Waals surface area contributed by atoms with Gasteiger partial charge in [0.1, 0.15) is 5.75 Å². The smallest absolute Gasteiger partial charge is 0.225 e. The number of nitrogens with one attached hydrogen (secondary N) is 1. The second kappa shape index (κ2) is 7.81. The number of anilines is 1. The molecule has 2 aliphatic rings. The molecule has 0 radical (unpaired) electrons. The van der Waals surface area contributed by atoms with E-state index in [4.69, 9.17) is 4.74 Å².